The Kier molecular flexibility index (Phi) is 3.55. The molecule has 3 aromatic rings. The maximum atomic E-state index is 13.2. The molecule has 0 N–H and O–H groups in total. The minimum absolute atomic E-state index is 0.212. The van der Waals surface area contributed by atoms with Gasteiger partial charge in [0.05, 0.1) is 24.5 Å². The van der Waals surface area contributed by atoms with Crippen molar-refractivity contribution in [3.05, 3.63) is 66.7 Å². The number of fused-ring (bicyclic) bond motifs is 1. The van der Waals surface area contributed by atoms with Crippen molar-refractivity contribution in [3.8, 4) is 6.07 Å². The van der Waals surface area contributed by atoms with E-state index in [1.807, 2.05) is 24.3 Å². The normalized spacial score (nSPS) is 17.1. The maximum absolute atomic E-state index is 13.2. The number of pyridine rings is 1. The molecular weight excluding hydrogens is 319 g/mol. The molecule has 2 heterocycles. The summed E-state index contributed by atoms with van der Waals surface area (Å²) in [4.78, 5) is 20.1. The lowest BCUT2D eigenvalue weighted by molar-refractivity contribution is 0.255. The van der Waals surface area contributed by atoms with E-state index < -0.39 is 6.04 Å². The molecule has 5 nitrogen and oxygen atoms in total. The monoisotopic (exact) mass is 332 g/mol. The van der Waals surface area contributed by atoms with Crippen LogP contribution in [-0.4, -0.2) is 23.6 Å². The Morgan fingerprint density at radius 1 is 1.12 bits per heavy atom. The minimum atomic E-state index is -0.648. The predicted molar refractivity (Wildman–Crippen MR) is 92.8 cm³/mol. The average molecular weight is 332 g/mol. The van der Waals surface area contributed by atoms with Gasteiger partial charge in [0.2, 0.25) is 0 Å². The van der Waals surface area contributed by atoms with Crippen LogP contribution in [0, 0.1) is 17.1 Å². The number of hydrogen-bond acceptors (Lipinski definition) is 3. The molecule has 0 radical (unpaired) electrons. The lowest BCUT2D eigenvalue weighted by atomic mass is 10.1. The number of carbonyl (C=O) groups excluding carboxylic acids is 1. The van der Waals surface area contributed by atoms with Crippen molar-refractivity contribution in [1.82, 2.24) is 4.98 Å². The van der Waals surface area contributed by atoms with E-state index in [0.29, 0.717) is 11.4 Å². The number of halogens is 1. The molecule has 25 heavy (non-hydrogen) atoms. The standard InChI is InChI=1S/C19H13FN4O/c20-14-5-7-15(8-6-14)23-12-16(9-21)24(19(23)25)18-11-22-10-13-3-1-2-4-17(13)18/h1-8,10-11,16H,12H2/t16-/m1/s1. The molecule has 1 saturated heterocycles. The van der Waals surface area contributed by atoms with E-state index in [4.69, 9.17) is 0 Å². The molecule has 0 spiro atoms. The molecule has 0 aliphatic carbocycles. The number of amides is 2. The number of urea groups is 1. The Morgan fingerprint density at radius 3 is 2.64 bits per heavy atom. The van der Waals surface area contributed by atoms with Crippen LogP contribution in [0.3, 0.4) is 0 Å². The molecule has 0 saturated carbocycles. The van der Waals surface area contributed by atoms with Crippen LogP contribution in [0.25, 0.3) is 10.8 Å². The van der Waals surface area contributed by atoms with Crippen LogP contribution in [0.2, 0.25) is 0 Å². The van der Waals surface area contributed by atoms with Gasteiger partial charge in [-0.15, -0.1) is 0 Å². The SMILES string of the molecule is N#C[C@@H]1CN(c2ccc(F)cc2)C(=O)N1c1cncc2ccccc12. The zero-order valence-corrected chi connectivity index (χ0v) is 13.1. The molecule has 122 valence electrons. The third-order valence-electron chi connectivity index (χ3n) is 4.30. The van der Waals surface area contributed by atoms with Crippen LogP contribution < -0.4 is 9.80 Å². The van der Waals surface area contributed by atoms with E-state index >= 15 is 0 Å². The summed E-state index contributed by atoms with van der Waals surface area (Å²) in [7, 11) is 0. The zero-order chi connectivity index (χ0) is 17.4. The third-order valence-corrected chi connectivity index (χ3v) is 4.30. The van der Waals surface area contributed by atoms with E-state index in [2.05, 4.69) is 11.1 Å². The van der Waals surface area contributed by atoms with Gasteiger partial charge in [-0.05, 0) is 24.3 Å². The summed E-state index contributed by atoms with van der Waals surface area (Å²) in [6.45, 7) is 0.212. The summed E-state index contributed by atoms with van der Waals surface area (Å²) < 4.78 is 13.2. The predicted octanol–water partition coefficient (Wildman–Crippen LogP) is 3.71. The van der Waals surface area contributed by atoms with Crippen LogP contribution in [0.4, 0.5) is 20.6 Å². The maximum Gasteiger partial charge on any atom is 0.330 e. The van der Waals surface area contributed by atoms with Gasteiger partial charge in [-0.2, -0.15) is 5.26 Å². The molecule has 1 atom stereocenters. The van der Waals surface area contributed by atoms with Crippen molar-refractivity contribution in [1.29, 1.82) is 5.26 Å². The molecule has 2 amide bonds. The molecule has 0 bridgehead atoms. The molecular formula is C19H13FN4O. The fourth-order valence-electron chi connectivity index (χ4n) is 3.09. The summed E-state index contributed by atoms with van der Waals surface area (Å²) >= 11 is 0. The average Bonchev–Trinajstić information content (AvgIpc) is 2.98. The Morgan fingerprint density at radius 2 is 1.88 bits per heavy atom. The lowest BCUT2D eigenvalue weighted by Gasteiger charge is -2.21. The fourth-order valence-corrected chi connectivity index (χ4v) is 3.09. The van der Waals surface area contributed by atoms with Gasteiger partial charge in [0, 0.05) is 22.7 Å². The van der Waals surface area contributed by atoms with Crippen LogP contribution in [0.1, 0.15) is 0 Å². The van der Waals surface area contributed by atoms with Crippen LogP contribution in [0.15, 0.2) is 60.9 Å². The molecule has 1 aliphatic rings. The van der Waals surface area contributed by atoms with Gasteiger partial charge in [-0.3, -0.25) is 14.8 Å². The first kappa shape index (κ1) is 15.1. The van der Waals surface area contributed by atoms with Crippen LogP contribution in [0.5, 0.6) is 0 Å². The minimum Gasteiger partial charge on any atom is -0.291 e. The summed E-state index contributed by atoms with van der Waals surface area (Å²) in [5.41, 5.74) is 1.15. The van der Waals surface area contributed by atoms with Crippen molar-refractivity contribution >= 4 is 28.2 Å². The van der Waals surface area contributed by atoms with E-state index in [1.54, 1.807) is 12.4 Å². The van der Waals surface area contributed by atoms with Crippen LogP contribution in [-0.2, 0) is 0 Å². The van der Waals surface area contributed by atoms with Gasteiger partial charge < -0.3 is 0 Å². The zero-order valence-electron chi connectivity index (χ0n) is 13.1. The Bertz CT molecular complexity index is 991. The number of rotatable bonds is 2. The lowest BCUT2D eigenvalue weighted by Crippen LogP contribution is -2.34. The van der Waals surface area contributed by atoms with Crippen molar-refractivity contribution in [2.75, 3.05) is 16.3 Å². The van der Waals surface area contributed by atoms with Crippen molar-refractivity contribution in [2.45, 2.75) is 6.04 Å². The quantitative estimate of drug-likeness (QED) is 0.719. The molecule has 4 rings (SSSR count). The molecule has 1 fully saturated rings. The second kappa shape index (κ2) is 5.87. The van der Waals surface area contributed by atoms with Gasteiger partial charge in [-0.1, -0.05) is 24.3 Å². The van der Waals surface area contributed by atoms with Crippen molar-refractivity contribution in [2.24, 2.45) is 0 Å². The van der Waals surface area contributed by atoms with Crippen molar-refractivity contribution < 1.29 is 9.18 Å². The number of aromatic nitrogens is 1. The number of nitrogens with zero attached hydrogens (tertiary/aromatic N) is 4. The van der Waals surface area contributed by atoms with Gasteiger partial charge in [0.15, 0.2) is 0 Å². The summed E-state index contributed by atoms with van der Waals surface area (Å²) in [6.07, 6.45) is 3.32. The van der Waals surface area contributed by atoms with Crippen LogP contribution >= 0.6 is 0 Å². The Hall–Kier alpha value is -3.46. The molecule has 6 heteroatoms. The smallest absolute Gasteiger partial charge is 0.291 e. The first-order valence-electron chi connectivity index (χ1n) is 7.77. The third kappa shape index (κ3) is 2.46. The highest BCUT2D eigenvalue weighted by atomic mass is 19.1. The number of anilines is 2. The fraction of sp³-hybridized carbons (Fsp3) is 0.105. The highest BCUT2D eigenvalue weighted by Crippen LogP contribution is 2.33. The second-order valence-electron chi connectivity index (χ2n) is 5.76. The second-order valence-corrected chi connectivity index (χ2v) is 5.76. The summed E-state index contributed by atoms with van der Waals surface area (Å²) in [6, 6.07) is 14.5. The molecule has 1 aromatic heterocycles. The van der Waals surface area contributed by atoms with Gasteiger partial charge in [0.1, 0.15) is 11.9 Å². The van der Waals surface area contributed by atoms with E-state index in [0.717, 1.165) is 10.8 Å². The first-order chi connectivity index (χ1) is 12.2. The molecule has 0 unspecified atom stereocenters. The largest absolute Gasteiger partial charge is 0.330 e. The highest BCUT2D eigenvalue weighted by Gasteiger charge is 2.40. The van der Waals surface area contributed by atoms with Crippen molar-refractivity contribution in [3.63, 3.8) is 0 Å². The topological polar surface area (TPSA) is 60.2 Å². The van der Waals surface area contributed by atoms with E-state index in [1.165, 1.54) is 34.1 Å². The highest BCUT2D eigenvalue weighted by molar-refractivity contribution is 6.11. The molecule has 1 aliphatic heterocycles. The first-order valence-corrected chi connectivity index (χ1v) is 7.77. The number of carbonyl (C=O) groups is 1. The van der Waals surface area contributed by atoms with Gasteiger partial charge in [0.25, 0.3) is 0 Å². The number of nitriles is 1. The number of benzene rings is 2. The molecule has 2 aromatic carbocycles. The van der Waals surface area contributed by atoms with Gasteiger partial charge >= 0.3 is 6.03 Å². The number of hydrogen-bond donors (Lipinski definition) is 0. The Balaban J connectivity index is 1.80. The summed E-state index contributed by atoms with van der Waals surface area (Å²) in [5, 5.41) is 11.3. The Labute approximate surface area is 143 Å². The van der Waals surface area contributed by atoms with Gasteiger partial charge in [-0.25, -0.2) is 9.18 Å². The van der Waals surface area contributed by atoms with E-state index in [-0.39, 0.29) is 18.4 Å². The summed E-state index contributed by atoms with van der Waals surface area (Å²) in [5.74, 6) is -0.373. The van der Waals surface area contributed by atoms with E-state index in [9.17, 15) is 14.4 Å².